The molecule has 1 amide bonds. The van der Waals surface area contributed by atoms with Gasteiger partial charge in [0.25, 0.3) is 0 Å². The number of rotatable bonds is 7. The van der Waals surface area contributed by atoms with Gasteiger partial charge in [-0.25, -0.2) is 9.78 Å². The molecule has 0 aromatic carbocycles. The third-order valence-electron chi connectivity index (χ3n) is 5.44. The largest absolute Gasteiger partial charge is 0.443 e. The summed E-state index contributed by atoms with van der Waals surface area (Å²) in [6.45, 7) is 14.4. The number of ether oxygens (including phenoxy) is 1. The Labute approximate surface area is 171 Å². The number of aromatic nitrogens is 1. The van der Waals surface area contributed by atoms with E-state index in [4.69, 9.17) is 4.74 Å². The molecule has 0 aliphatic carbocycles. The van der Waals surface area contributed by atoms with Gasteiger partial charge in [0.2, 0.25) is 0 Å². The number of hydrogen-bond donors (Lipinski definition) is 0. The maximum atomic E-state index is 13.1. The highest BCUT2D eigenvalue weighted by Gasteiger charge is 2.33. The van der Waals surface area contributed by atoms with Crippen LogP contribution in [0.5, 0.6) is 0 Å². The molecule has 158 valence electrons. The summed E-state index contributed by atoms with van der Waals surface area (Å²) in [7, 11) is 0. The van der Waals surface area contributed by atoms with Crippen molar-refractivity contribution in [2.75, 3.05) is 18.0 Å². The molecule has 1 aromatic heterocycles. The second-order valence-electron chi connectivity index (χ2n) is 8.92. The fraction of sp³-hybridized carbons (Fsp3) is 0.739. The van der Waals surface area contributed by atoms with Crippen LogP contribution >= 0.6 is 0 Å². The van der Waals surface area contributed by atoms with E-state index in [0.717, 1.165) is 37.3 Å². The number of carbonyl (C=O) groups is 1. The van der Waals surface area contributed by atoms with Crippen LogP contribution in [0, 0.1) is 0 Å². The number of piperidine rings is 1. The van der Waals surface area contributed by atoms with Gasteiger partial charge in [0.1, 0.15) is 11.4 Å². The fourth-order valence-electron chi connectivity index (χ4n) is 3.81. The average molecular weight is 390 g/mol. The van der Waals surface area contributed by atoms with Crippen molar-refractivity contribution in [1.82, 2.24) is 9.88 Å². The van der Waals surface area contributed by atoms with Crippen molar-refractivity contribution in [3.8, 4) is 0 Å². The second-order valence-corrected chi connectivity index (χ2v) is 8.92. The zero-order valence-electron chi connectivity index (χ0n) is 18.7. The summed E-state index contributed by atoms with van der Waals surface area (Å²) in [6, 6.07) is 4.49. The molecule has 1 aliphatic heterocycles. The minimum atomic E-state index is -0.532. The minimum absolute atomic E-state index is 0.0242. The van der Waals surface area contributed by atoms with Crippen molar-refractivity contribution in [3.63, 3.8) is 0 Å². The fourth-order valence-corrected chi connectivity index (χ4v) is 3.81. The summed E-state index contributed by atoms with van der Waals surface area (Å²) in [4.78, 5) is 22.1. The Morgan fingerprint density at radius 2 is 2.11 bits per heavy atom. The Morgan fingerprint density at radius 1 is 1.36 bits per heavy atom. The molecule has 5 nitrogen and oxygen atoms in total. The summed E-state index contributed by atoms with van der Waals surface area (Å²) in [5.41, 5.74) is 0.625. The first kappa shape index (κ1) is 22.7. The summed E-state index contributed by atoms with van der Waals surface area (Å²) >= 11 is 0. The van der Waals surface area contributed by atoms with Gasteiger partial charge in [-0.2, -0.15) is 0 Å². The van der Waals surface area contributed by atoms with Crippen molar-refractivity contribution in [2.45, 2.75) is 97.8 Å². The van der Waals surface area contributed by atoms with Gasteiger partial charge >= 0.3 is 6.09 Å². The lowest BCUT2D eigenvalue weighted by Crippen LogP contribution is -2.44. The number of pyridine rings is 1. The highest BCUT2D eigenvalue weighted by atomic mass is 16.6. The maximum absolute atomic E-state index is 13.1. The van der Waals surface area contributed by atoms with E-state index in [9.17, 15) is 4.79 Å². The molecule has 2 rings (SSSR count). The Balaban J connectivity index is 2.41. The third kappa shape index (κ3) is 5.94. The van der Waals surface area contributed by atoms with Crippen molar-refractivity contribution < 1.29 is 9.53 Å². The van der Waals surface area contributed by atoms with Gasteiger partial charge < -0.3 is 4.74 Å². The summed E-state index contributed by atoms with van der Waals surface area (Å²) in [6.07, 6.45) is 8.31. The van der Waals surface area contributed by atoms with Crippen molar-refractivity contribution >= 4 is 11.9 Å². The minimum Gasteiger partial charge on any atom is -0.443 e. The van der Waals surface area contributed by atoms with E-state index in [2.05, 4.69) is 36.7 Å². The van der Waals surface area contributed by atoms with Gasteiger partial charge in [-0.3, -0.25) is 9.80 Å². The Hall–Kier alpha value is -1.62. The van der Waals surface area contributed by atoms with Gasteiger partial charge in [0, 0.05) is 23.8 Å². The van der Waals surface area contributed by atoms with Crippen LogP contribution in [-0.2, 0) is 4.74 Å². The second kappa shape index (κ2) is 10.2. The lowest BCUT2D eigenvalue weighted by molar-refractivity contribution is 0.0564. The number of nitrogens with zero attached hydrogens (tertiary/aromatic N) is 3. The zero-order valence-corrected chi connectivity index (χ0v) is 18.7. The van der Waals surface area contributed by atoms with Gasteiger partial charge in [-0.1, -0.05) is 32.8 Å². The molecule has 1 aliphatic rings. The number of amides is 1. The highest BCUT2D eigenvalue weighted by Crippen LogP contribution is 2.36. The number of likely N-dealkylation sites (tertiary alicyclic amines) is 1. The predicted molar refractivity (Wildman–Crippen MR) is 116 cm³/mol. The quantitative estimate of drug-likeness (QED) is 0.578. The first-order chi connectivity index (χ1) is 13.3. The Kier molecular flexibility index (Phi) is 8.29. The van der Waals surface area contributed by atoms with Crippen LogP contribution in [0.15, 0.2) is 18.3 Å². The molecule has 1 aromatic rings. The van der Waals surface area contributed by atoms with E-state index in [1.54, 1.807) is 11.1 Å². The zero-order chi connectivity index (χ0) is 20.7. The molecule has 0 N–H and O–H groups in total. The van der Waals surface area contributed by atoms with Crippen LogP contribution in [-0.4, -0.2) is 40.7 Å². The van der Waals surface area contributed by atoms with Gasteiger partial charge in [0.05, 0.1) is 0 Å². The normalized spacial score (nSPS) is 19.3. The van der Waals surface area contributed by atoms with E-state index >= 15 is 0 Å². The average Bonchev–Trinajstić information content (AvgIpc) is 2.65. The van der Waals surface area contributed by atoms with Crippen LogP contribution < -0.4 is 4.90 Å². The smallest absolute Gasteiger partial charge is 0.416 e. The Morgan fingerprint density at radius 3 is 2.75 bits per heavy atom. The number of unbranched alkanes of at least 4 members (excludes halogenated alkanes) is 1. The third-order valence-corrected chi connectivity index (χ3v) is 5.44. The van der Waals surface area contributed by atoms with Gasteiger partial charge in [-0.15, -0.1) is 0 Å². The predicted octanol–water partition coefficient (Wildman–Crippen LogP) is 5.95. The molecule has 0 spiro atoms. The molecule has 0 bridgehead atoms. The lowest BCUT2D eigenvalue weighted by atomic mass is 9.94. The summed E-state index contributed by atoms with van der Waals surface area (Å²) < 4.78 is 5.74. The summed E-state index contributed by atoms with van der Waals surface area (Å²) in [5, 5.41) is 0. The van der Waals surface area contributed by atoms with Crippen LogP contribution in [0.4, 0.5) is 10.6 Å². The molecule has 1 saturated heterocycles. The number of carbonyl (C=O) groups excluding carboxylic acids is 1. The van der Waals surface area contributed by atoms with E-state index < -0.39 is 5.60 Å². The van der Waals surface area contributed by atoms with Crippen molar-refractivity contribution in [1.29, 1.82) is 0 Å². The first-order valence-electron chi connectivity index (χ1n) is 11.0. The molecule has 5 heteroatoms. The van der Waals surface area contributed by atoms with Crippen LogP contribution in [0.3, 0.4) is 0 Å². The molecule has 0 radical (unpaired) electrons. The van der Waals surface area contributed by atoms with Crippen molar-refractivity contribution in [3.05, 3.63) is 23.9 Å². The SMILES string of the molecule is CCCCN1CCCCC1c1cccnc1N(C(=O)OC(C)(C)C)C(C)CC. The van der Waals surface area contributed by atoms with E-state index in [0.29, 0.717) is 6.04 Å². The van der Waals surface area contributed by atoms with E-state index in [1.807, 2.05) is 26.8 Å². The van der Waals surface area contributed by atoms with Crippen LogP contribution in [0.1, 0.15) is 91.7 Å². The molecule has 2 unspecified atom stereocenters. The first-order valence-corrected chi connectivity index (χ1v) is 11.0. The van der Waals surface area contributed by atoms with E-state index in [1.165, 1.54) is 25.7 Å². The van der Waals surface area contributed by atoms with Gasteiger partial charge in [0.15, 0.2) is 0 Å². The lowest BCUT2D eigenvalue weighted by Gasteiger charge is -2.38. The molecule has 0 saturated carbocycles. The molecule has 28 heavy (non-hydrogen) atoms. The molecule has 2 atom stereocenters. The van der Waals surface area contributed by atoms with Crippen LogP contribution in [0.25, 0.3) is 0 Å². The monoisotopic (exact) mass is 389 g/mol. The highest BCUT2D eigenvalue weighted by molar-refractivity contribution is 5.88. The topological polar surface area (TPSA) is 45.7 Å². The molecular formula is C23H39N3O2. The number of anilines is 1. The Bertz CT molecular complexity index is 627. The summed E-state index contributed by atoms with van der Waals surface area (Å²) in [5.74, 6) is 0.763. The van der Waals surface area contributed by atoms with Crippen LogP contribution in [0.2, 0.25) is 0 Å². The molecular weight excluding hydrogens is 350 g/mol. The number of hydrogen-bond acceptors (Lipinski definition) is 4. The maximum Gasteiger partial charge on any atom is 0.416 e. The standard InChI is InChI=1S/C23H39N3O2/c1-7-9-16-25-17-11-10-14-20(25)19-13-12-15-24-21(19)26(18(3)8-2)22(27)28-23(4,5)6/h12-13,15,18,20H,7-11,14,16-17H2,1-6H3. The van der Waals surface area contributed by atoms with Crippen molar-refractivity contribution in [2.24, 2.45) is 0 Å². The molecule has 1 fully saturated rings. The molecule has 2 heterocycles. The van der Waals surface area contributed by atoms with E-state index in [-0.39, 0.29) is 12.1 Å². The van der Waals surface area contributed by atoms with Gasteiger partial charge in [-0.05, 0) is 72.5 Å².